The number of anilines is 3. The number of nitrogens with one attached hydrogen (secondary N) is 2. The minimum absolute atomic E-state index is 0.0253. The molecule has 5 aromatic rings. The third kappa shape index (κ3) is 6.21. The van der Waals surface area contributed by atoms with Crippen LogP contribution >= 0.6 is 0 Å². The number of carbonyl (C=O) groups is 3. The van der Waals surface area contributed by atoms with Crippen molar-refractivity contribution in [3.05, 3.63) is 64.6 Å². The summed E-state index contributed by atoms with van der Waals surface area (Å²) in [5.74, 6) is -0.644. The maximum absolute atomic E-state index is 14.3. The number of amides is 3. The van der Waals surface area contributed by atoms with Crippen molar-refractivity contribution >= 4 is 51.6 Å². The molecular weight excluding hydrogens is 755 g/mol. The number of aryl methyl sites for hydroxylation is 1. The lowest BCUT2D eigenvalue weighted by molar-refractivity contribution is -0.135. The fourth-order valence-corrected chi connectivity index (χ4v) is 9.82. The van der Waals surface area contributed by atoms with Crippen LogP contribution in [-0.2, 0) is 21.4 Å². The predicted octanol–water partition coefficient (Wildman–Crippen LogP) is 3.03. The molecule has 19 heteroatoms. The van der Waals surface area contributed by atoms with Crippen LogP contribution in [0.1, 0.15) is 79.5 Å². The minimum Gasteiger partial charge on any atom is -0.374 e. The second kappa shape index (κ2) is 14.3. The molecular formula is C39H44F2N12O5. The number of imidazole rings is 1. The molecule has 3 atom stereocenters. The molecule has 58 heavy (non-hydrogen) atoms. The highest BCUT2D eigenvalue weighted by Crippen LogP contribution is 2.37. The molecule has 304 valence electrons. The van der Waals surface area contributed by atoms with Crippen molar-refractivity contribution < 1.29 is 27.9 Å². The molecule has 0 radical (unpaired) electrons. The first-order chi connectivity index (χ1) is 28.1. The Morgan fingerprint density at radius 1 is 1.00 bits per heavy atom. The Labute approximate surface area is 330 Å². The summed E-state index contributed by atoms with van der Waals surface area (Å²) in [7, 11) is 1.72. The molecule has 3 amide bonds. The zero-order chi connectivity index (χ0) is 39.8. The Hall–Kier alpha value is -5.69. The molecule has 5 aliphatic rings. The van der Waals surface area contributed by atoms with Gasteiger partial charge in [-0.25, -0.2) is 23.1 Å². The molecule has 4 aromatic heterocycles. The lowest BCUT2D eigenvalue weighted by atomic mass is 9.90. The second-order valence-electron chi connectivity index (χ2n) is 16.1. The van der Waals surface area contributed by atoms with Gasteiger partial charge in [0.05, 0.1) is 53.4 Å². The van der Waals surface area contributed by atoms with Gasteiger partial charge in [0, 0.05) is 64.6 Å². The molecule has 1 aromatic carbocycles. The zero-order valence-corrected chi connectivity index (χ0v) is 32.0. The number of halogens is 2. The number of morpholine rings is 1. The van der Waals surface area contributed by atoms with Gasteiger partial charge in [0.15, 0.2) is 11.3 Å². The van der Waals surface area contributed by atoms with E-state index in [0.29, 0.717) is 23.8 Å². The number of alkyl halides is 2. The van der Waals surface area contributed by atoms with E-state index in [0.717, 1.165) is 81.8 Å². The Balaban J connectivity index is 0.785. The average molecular weight is 799 g/mol. The van der Waals surface area contributed by atoms with Crippen molar-refractivity contribution in [3.8, 4) is 0 Å². The van der Waals surface area contributed by atoms with Crippen LogP contribution in [0.3, 0.4) is 0 Å². The lowest BCUT2D eigenvalue weighted by Gasteiger charge is -2.42. The average Bonchev–Trinajstić information content (AvgIpc) is 4.08. The van der Waals surface area contributed by atoms with E-state index < -0.39 is 30.0 Å². The molecule has 4 saturated heterocycles. The van der Waals surface area contributed by atoms with Crippen LogP contribution in [0.5, 0.6) is 0 Å². The zero-order valence-electron chi connectivity index (χ0n) is 32.0. The summed E-state index contributed by atoms with van der Waals surface area (Å²) in [4.78, 5) is 63.2. The number of hydrogen-bond donors (Lipinski definition) is 2. The summed E-state index contributed by atoms with van der Waals surface area (Å²) in [5, 5.41) is 13.6. The van der Waals surface area contributed by atoms with E-state index >= 15 is 0 Å². The van der Waals surface area contributed by atoms with Crippen LogP contribution in [0.25, 0.3) is 16.7 Å². The van der Waals surface area contributed by atoms with Crippen LogP contribution < -0.4 is 26.1 Å². The van der Waals surface area contributed by atoms with Gasteiger partial charge < -0.3 is 19.9 Å². The molecule has 8 heterocycles. The normalized spacial score (nSPS) is 25.4. The lowest BCUT2D eigenvalue weighted by Crippen LogP contribution is -2.51. The molecule has 4 aliphatic heterocycles. The van der Waals surface area contributed by atoms with Gasteiger partial charge in [-0.1, -0.05) is 6.07 Å². The van der Waals surface area contributed by atoms with E-state index in [1.54, 1.807) is 22.5 Å². The fourth-order valence-electron chi connectivity index (χ4n) is 9.82. The number of hydrogen-bond acceptors (Lipinski definition) is 11. The second-order valence-corrected chi connectivity index (χ2v) is 16.1. The van der Waals surface area contributed by atoms with Gasteiger partial charge in [-0.2, -0.15) is 10.2 Å². The predicted molar refractivity (Wildman–Crippen MR) is 207 cm³/mol. The third-order valence-corrected chi connectivity index (χ3v) is 12.8. The first kappa shape index (κ1) is 36.6. The number of imide groups is 1. The maximum atomic E-state index is 14.3. The molecule has 0 spiro atoms. The van der Waals surface area contributed by atoms with Gasteiger partial charge in [0.2, 0.25) is 11.8 Å². The summed E-state index contributed by atoms with van der Waals surface area (Å²) in [6, 6.07) is 7.34. The maximum Gasteiger partial charge on any atom is 0.329 e. The molecule has 17 nitrogen and oxygen atoms in total. The van der Waals surface area contributed by atoms with Crippen LogP contribution in [-0.4, -0.2) is 114 Å². The Bertz CT molecular complexity index is 2490. The van der Waals surface area contributed by atoms with Crippen LogP contribution in [0.15, 0.2) is 47.7 Å². The Morgan fingerprint density at radius 2 is 1.79 bits per heavy atom. The van der Waals surface area contributed by atoms with E-state index in [4.69, 9.17) is 9.72 Å². The number of ether oxygens (including phenoxy) is 1. The molecule has 1 saturated carbocycles. The standard InChI is InChI=1S/C39H44F2N12O5/c1-47-34-28(3-2-4-29(34)53(39(47)57)30-9-10-32(54)45-38(30)56)49-15-13-48(14-16-49)22-5-7-23(8-6-22)52-20-27(33(46-52)35(40)41)43-37(55)26-18-42-51-12-11-31(44-36(26)51)50-19-25-17-24(50)21-58-25/h2-4,11-12,18,20,22-25,30,35H,5-10,13-17,19,21H2,1H3,(H,43,55)(H,45,54,56)/t22-,23+,24-,25-,30?/m1/s1. The van der Waals surface area contributed by atoms with E-state index in [1.807, 2.05) is 24.3 Å². The number of carbonyl (C=O) groups excluding carboxylic acids is 3. The number of piperidine rings is 1. The molecule has 2 N–H and O–H groups in total. The quantitative estimate of drug-likeness (QED) is 0.222. The molecule has 10 rings (SSSR count). The first-order valence-corrected chi connectivity index (χ1v) is 20.0. The molecule has 1 unspecified atom stereocenters. The monoisotopic (exact) mass is 798 g/mol. The van der Waals surface area contributed by atoms with Crippen molar-refractivity contribution in [3.63, 3.8) is 0 Å². The molecule has 2 bridgehead atoms. The van der Waals surface area contributed by atoms with Crippen molar-refractivity contribution in [2.24, 2.45) is 7.05 Å². The summed E-state index contributed by atoms with van der Waals surface area (Å²) in [6.45, 7) is 4.48. The number of piperazine rings is 1. The Kier molecular flexibility index (Phi) is 9.03. The first-order valence-electron chi connectivity index (χ1n) is 20.0. The number of nitrogens with zero attached hydrogens (tertiary/aromatic N) is 10. The van der Waals surface area contributed by atoms with Gasteiger partial charge in [0.1, 0.15) is 17.4 Å². The summed E-state index contributed by atoms with van der Waals surface area (Å²) in [6.07, 6.45) is 6.61. The highest BCUT2D eigenvalue weighted by atomic mass is 19.3. The third-order valence-electron chi connectivity index (χ3n) is 12.8. The van der Waals surface area contributed by atoms with Crippen molar-refractivity contribution in [1.82, 2.24) is 43.7 Å². The number of benzene rings is 1. The van der Waals surface area contributed by atoms with Gasteiger partial charge in [0.25, 0.3) is 12.3 Å². The highest BCUT2D eigenvalue weighted by molar-refractivity contribution is 6.08. The minimum atomic E-state index is -2.88. The smallest absolute Gasteiger partial charge is 0.329 e. The largest absolute Gasteiger partial charge is 0.374 e. The van der Waals surface area contributed by atoms with E-state index in [1.165, 1.54) is 21.5 Å². The van der Waals surface area contributed by atoms with Crippen LogP contribution in [0.2, 0.25) is 0 Å². The van der Waals surface area contributed by atoms with Gasteiger partial charge in [-0.15, -0.1) is 0 Å². The van der Waals surface area contributed by atoms with Gasteiger partial charge in [-0.05, 0) is 56.7 Å². The fraction of sp³-hybridized carbons (Fsp3) is 0.513. The summed E-state index contributed by atoms with van der Waals surface area (Å²) < 4.78 is 40.6. The van der Waals surface area contributed by atoms with E-state index in [9.17, 15) is 28.0 Å². The topological polar surface area (TPSA) is 169 Å². The van der Waals surface area contributed by atoms with E-state index in [-0.39, 0.29) is 53.9 Å². The highest BCUT2D eigenvalue weighted by Gasteiger charge is 2.40. The SMILES string of the molecule is Cn1c(=O)n(C2CCC(=O)NC2=O)c2cccc(N3CCN([C@H]4CC[C@@H](n5cc(NC(=O)c6cnn7ccc(N8C[C@H]9C[C@@H]8CO9)nc67)c(C(F)F)n5)CC4)CC3)c21. The number of para-hydroxylation sites is 1. The molecule has 5 fully saturated rings. The number of fused-ring (bicyclic) bond motifs is 4. The van der Waals surface area contributed by atoms with Crippen molar-refractivity contribution in [2.45, 2.75) is 81.6 Å². The number of rotatable bonds is 8. The van der Waals surface area contributed by atoms with Gasteiger partial charge >= 0.3 is 5.69 Å². The van der Waals surface area contributed by atoms with Crippen molar-refractivity contribution in [2.75, 3.05) is 54.4 Å². The van der Waals surface area contributed by atoms with Gasteiger partial charge in [-0.3, -0.25) is 38.4 Å². The van der Waals surface area contributed by atoms with Crippen molar-refractivity contribution in [1.29, 1.82) is 0 Å². The van der Waals surface area contributed by atoms with E-state index in [2.05, 4.69) is 35.5 Å². The van der Waals surface area contributed by atoms with Crippen LogP contribution in [0, 0.1) is 0 Å². The Morgan fingerprint density at radius 3 is 2.52 bits per heavy atom. The van der Waals surface area contributed by atoms with Crippen LogP contribution in [0.4, 0.5) is 26.0 Å². The molecule has 1 aliphatic carbocycles. The summed E-state index contributed by atoms with van der Waals surface area (Å²) >= 11 is 0. The number of aromatic nitrogens is 7. The summed E-state index contributed by atoms with van der Waals surface area (Å²) in [5.41, 5.74) is 2.09.